The summed E-state index contributed by atoms with van der Waals surface area (Å²) in [5.74, 6) is 3.49. The molecule has 3 aromatic rings. The van der Waals surface area contributed by atoms with E-state index in [0.29, 0.717) is 94.0 Å². The molecule has 0 saturated carbocycles. The van der Waals surface area contributed by atoms with Crippen LogP contribution in [0, 0.1) is 0 Å². The summed E-state index contributed by atoms with van der Waals surface area (Å²) in [5, 5.41) is 0. The molecule has 0 N–H and O–H groups in total. The average molecular weight is 597 g/mol. The lowest BCUT2D eigenvalue weighted by atomic mass is 10.2. The van der Waals surface area contributed by atoms with E-state index in [9.17, 15) is 0 Å². The summed E-state index contributed by atoms with van der Waals surface area (Å²) in [7, 11) is -1.13. The van der Waals surface area contributed by atoms with Gasteiger partial charge in [-0.1, -0.05) is 39.0 Å². The number of hydrogen-bond donors (Lipinski definition) is 0. The predicted octanol–water partition coefficient (Wildman–Crippen LogP) is 6.62. The second-order valence-electron chi connectivity index (χ2n) is 9.45. The van der Waals surface area contributed by atoms with Crippen LogP contribution in [-0.2, 0) is 14.2 Å². The van der Waals surface area contributed by atoms with Crippen LogP contribution in [0.4, 0.5) is 0 Å². The third kappa shape index (κ3) is 14.4. The lowest BCUT2D eigenvalue weighted by Gasteiger charge is -2.18. The first-order valence-corrected chi connectivity index (χ1v) is 15.1. The first-order chi connectivity index (χ1) is 21.2. The smallest absolute Gasteiger partial charge is 0.491 e. The van der Waals surface area contributed by atoms with Crippen molar-refractivity contribution in [2.24, 2.45) is 0 Å². The molecule has 43 heavy (non-hydrogen) atoms. The Morgan fingerprint density at radius 3 is 1.00 bits per heavy atom. The highest BCUT2D eigenvalue weighted by molar-refractivity contribution is 6.39. The molecule has 9 nitrogen and oxygen atoms in total. The number of benzene rings is 3. The highest BCUT2D eigenvalue weighted by atomic mass is 16.7. The van der Waals surface area contributed by atoms with Gasteiger partial charge >= 0.3 is 7.32 Å². The molecule has 0 atom stereocenters. The van der Waals surface area contributed by atoms with Gasteiger partial charge in [0.15, 0.2) is 0 Å². The molecule has 0 aliphatic rings. The fraction of sp³-hybridized carbons (Fsp3) is 0.455. The Balaban J connectivity index is 1.68. The first-order valence-electron chi connectivity index (χ1n) is 15.1. The molecule has 0 radical (unpaired) electrons. The van der Waals surface area contributed by atoms with E-state index in [1.165, 1.54) is 0 Å². The summed E-state index contributed by atoms with van der Waals surface area (Å²) >= 11 is 0. The number of hydrogen-bond acceptors (Lipinski definition) is 9. The van der Waals surface area contributed by atoms with Gasteiger partial charge in [-0.25, -0.2) is 0 Å². The summed E-state index contributed by atoms with van der Waals surface area (Å²) in [6, 6.07) is 21.9. The van der Waals surface area contributed by atoms with Crippen LogP contribution < -0.4 is 28.2 Å². The van der Waals surface area contributed by atoms with Crippen molar-refractivity contribution < 1.29 is 42.4 Å². The fourth-order valence-electron chi connectivity index (χ4n) is 3.71. The van der Waals surface area contributed by atoms with Gasteiger partial charge in [0.2, 0.25) is 0 Å². The molecule has 3 aromatic carbocycles. The molecule has 0 amide bonds. The van der Waals surface area contributed by atoms with Crippen LogP contribution in [0.15, 0.2) is 72.8 Å². The van der Waals surface area contributed by atoms with E-state index in [2.05, 4.69) is 20.8 Å². The molecule has 0 aromatic heterocycles. The van der Waals surface area contributed by atoms with E-state index in [4.69, 9.17) is 42.4 Å². The van der Waals surface area contributed by atoms with E-state index in [1.54, 1.807) is 18.2 Å². The van der Waals surface area contributed by atoms with Crippen molar-refractivity contribution >= 4 is 7.32 Å². The molecule has 0 spiro atoms. The maximum absolute atomic E-state index is 6.16. The van der Waals surface area contributed by atoms with Crippen LogP contribution in [0.25, 0.3) is 0 Å². The van der Waals surface area contributed by atoms with E-state index >= 15 is 0 Å². The minimum Gasteiger partial charge on any atom is -0.491 e. The highest BCUT2D eigenvalue weighted by Crippen LogP contribution is 2.26. The normalized spacial score (nSPS) is 10.7. The molecule has 0 unspecified atom stereocenters. The van der Waals surface area contributed by atoms with Gasteiger partial charge in [0.25, 0.3) is 0 Å². The zero-order valence-corrected chi connectivity index (χ0v) is 25.7. The fourth-order valence-corrected chi connectivity index (χ4v) is 3.71. The molecule has 0 fully saturated rings. The summed E-state index contributed by atoms with van der Waals surface area (Å²) in [4.78, 5) is 0. The molecular formula is C33H45BO9. The highest BCUT2D eigenvalue weighted by Gasteiger charge is 2.31. The van der Waals surface area contributed by atoms with Gasteiger partial charge in [-0.2, -0.15) is 0 Å². The van der Waals surface area contributed by atoms with E-state index in [-0.39, 0.29) is 0 Å². The van der Waals surface area contributed by atoms with E-state index in [1.807, 2.05) is 54.6 Å². The van der Waals surface area contributed by atoms with E-state index < -0.39 is 7.32 Å². The van der Waals surface area contributed by atoms with Crippen LogP contribution in [0.1, 0.15) is 40.0 Å². The summed E-state index contributed by atoms with van der Waals surface area (Å²) in [6.07, 6.45) is 2.90. The van der Waals surface area contributed by atoms with Crippen LogP contribution >= 0.6 is 0 Å². The molecular weight excluding hydrogens is 551 g/mol. The molecule has 3 rings (SSSR count). The Morgan fingerprint density at radius 2 is 0.698 bits per heavy atom. The van der Waals surface area contributed by atoms with Gasteiger partial charge in [-0.05, 0) is 55.7 Å². The largest absolute Gasteiger partial charge is 0.864 e. The van der Waals surface area contributed by atoms with Crippen LogP contribution in [-0.4, -0.2) is 66.8 Å². The molecule has 0 aliphatic heterocycles. The molecule has 234 valence electrons. The van der Waals surface area contributed by atoms with Crippen molar-refractivity contribution in [1.82, 2.24) is 0 Å². The van der Waals surface area contributed by atoms with Crippen LogP contribution in [0.2, 0.25) is 0 Å². The van der Waals surface area contributed by atoms with Crippen molar-refractivity contribution in [2.75, 3.05) is 59.5 Å². The SMILES string of the molecule is CCCOCCOc1cccc(OB(Oc2cccc(OCCOCCC)c2)Oc2cccc(OCCOCCC)c2)c1. The number of rotatable bonds is 24. The van der Waals surface area contributed by atoms with Crippen molar-refractivity contribution in [2.45, 2.75) is 40.0 Å². The van der Waals surface area contributed by atoms with Gasteiger partial charge in [0.1, 0.15) is 54.3 Å². The molecule has 0 saturated heterocycles. The Bertz CT molecular complexity index is 1010. The molecule has 0 heterocycles. The Labute approximate surface area is 256 Å². The van der Waals surface area contributed by atoms with Gasteiger partial charge in [0.05, 0.1) is 19.8 Å². The van der Waals surface area contributed by atoms with Crippen LogP contribution in [0.3, 0.4) is 0 Å². The van der Waals surface area contributed by atoms with Crippen molar-refractivity contribution in [1.29, 1.82) is 0 Å². The van der Waals surface area contributed by atoms with Crippen molar-refractivity contribution in [3.63, 3.8) is 0 Å². The number of ether oxygens (including phenoxy) is 6. The Morgan fingerprint density at radius 1 is 0.395 bits per heavy atom. The third-order valence-electron chi connectivity index (χ3n) is 5.65. The monoisotopic (exact) mass is 596 g/mol. The average Bonchev–Trinajstić information content (AvgIpc) is 3.01. The predicted molar refractivity (Wildman–Crippen MR) is 167 cm³/mol. The van der Waals surface area contributed by atoms with Crippen molar-refractivity contribution in [3.8, 4) is 34.5 Å². The first kappa shape index (κ1) is 33.9. The van der Waals surface area contributed by atoms with Gasteiger partial charge in [0, 0.05) is 38.0 Å². The zero-order valence-electron chi connectivity index (χ0n) is 25.7. The topological polar surface area (TPSA) is 83.1 Å². The Kier molecular flexibility index (Phi) is 16.7. The third-order valence-corrected chi connectivity index (χ3v) is 5.65. The maximum Gasteiger partial charge on any atom is 0.864 e. The summed E-state index contributed by atoms with van der Waals surface area (Å²) in [6.45, 7) is 11.2. The van der Waals surface area contributed by atoms with Crippen molar-refractivity contribution in [3.05, 3.63) is 72.8 Å². The Hall–Kier alpha value is -3.60. The molecule has 0 bridgehead atoms. The zero-order chi connectivity index (χ0) is 30.4. The summed E-state index contributed by atoms with van der Waals surface area (Å²) < 4.78 is 52.5. The lowest BCUT2D eigenvalue weighted by Crippen LogP contribution is -2.37. The summed E-state index contributed by atoms with van der Waals surface area (Å²) in [5.41, 5.74) is 0. The second-order valence-corrected chi connectivity index (χ2v) is 9.45. The maximum atomic E-state index is 6.16. The second kappa shape index (κ2) is 21.1. The van der Waals surface area contributed by atoms with E-state index in [0.717, 1.165) is 19.3 Å². The quantitative estimate of drug-likeness (QED) is 0.0837. The standard InChI is InChI=1S/C33H45BO9/c1-4-16-35-19-22-38-28-10-7-13-31(25-28)41-34(42-32-14-8-11-29(26-32)39-23-20-36-17-5-2)43-33-15-9-12-30(27-33)40-24-21-37-18-6-3/h7-15,25-27H,4-6,16-24H2,1-3H3. The van der Waals surface area contributed by atoms with Crippen LogP contribution in [0.5, 0.6) is 34.5 Å². The lowest BCUT2D eigenvalue weighted by molar-refractivity contribution is 0.100. The minimum absolute atomic E-state index is 0.437. The van der Waals surface area contributed by atoms with Gasteiger partial charge in [-0.15, -0.1) is 0 Å². The van der Waals surface area contributed by atoms with Gasteiger partial charge in [-0.3, -0.25) is 0 Å². The van der Waals surface area contributed by atoms with Gasteiger partial charge < -0.3 is 42.4 Å². The molecule has 10 heteroatoms. The molecule has 0 aliphatic carbocycles. The minimum atomic E-state index is -1.13.